The smallest absolute Gasteiger partial charge is 0.313 e. The molecule has 1 rings (SSSR count). The third-order valence-corrected chi connectivity index (χ3v) is 2.32. The molecule has 1 aromatic carbocycles. The molecule has 6 nitrogen and oxygen atoms in total. The first kappa shape index (κ1) is 15.1. The fourth-order valence-corrected chi connectivity index (χ4v) is 1.42. The third kappa shape index (κ3) is 5.50. The van der Waals surface area contributed by atoms with Gasteiger partial charge in [0.25, 0.3) is 0 Å². The Labute approximate surface area is 111 Å². The predicted octanol–water partition coefficient (Wildman–Crippen LogP) is 0.139. The van der Waals surface area contributed by atoms with Gasteiger partial charge in [0.2, 0.25) is 0 Å². The van der Waals surface area contributed by atoms with E-state index < -0.39 is 17.4 Å². The monoisotopic (exact) mass is 266 g/mol. The van der Waals surface area contributed by atoms with Gasteiger partial charge in [0.15, 0.2) is 0 Å². The minimum absolute atomic E-state index is 0.0631. The highest BCUT2D eigenvalue weighted by Gasteiger charge is 2.23. The van der Waals surface area contributed by atoms with Gasteiger partial charge < -0.3 is 20.5 Å². The Hall–Kier alpha value is -1.92. The van der Waals surface area contributed by atoms with Crippen molar-refractivity contribution >= 4 is 17.5 Å². The van der Waals surface area contributed by atoms with E-state index in [0.29, 0.717) is 5.69 Å². The topological polar surface area (TPSA) is 87.7 Å². The highest BCUT2D eigenvalue weighted by molar-refractivity contribution is 6.39. The van der Waals surface area contributed by atoms with Gasteiger partial charge in [0.05, 0.1) is 6.61 Å². The number of methoxy groups -OCH3 is 1. The summed E-state index contributed by atoms with van der Waals surface area (Å²) in [6.07, 6.45) is 0. The van der Waals surface area contributed by atoms with Crippen molar-refractivity contribution in [1.82, 2.24) is 5.32 Å². The van der Waals surface area contributed by atoms with Gasteiger partial charge in [-0.05, 0) is 19.1 Å². The second-order valence-electron chi connectivity index (χ2n) is 4.43. The van der Waals surface area contributed by atoms with E-state index >= 15 is 0 Å². The molecule has 0 saturated carbocycles. The standard InChI is InChI=1S/C13H18N2O4/c1-13(18,9-19-2)8-14-11(16)12(17)15-10-6-4-3-5-7-10/h3-7,18H,8-9H2,1-2H3,(H,14,16)(H,15,17)/t13-/m1/s1. The summed E-state index contributed by atoms with van der Waals surface area (Å²) in [7, 11) is 1.44. The van der Waals surface area contributed by atoms with Crippen LogP contribution >= 0.6 is 0 Å². The summed E-state index contributed by atoms with van der Waals surface area (Å²) >= 11 is 0. The highest BCUT2D eigenvalue weighted by atomic mass is 16.5. The molecular formula is C13H18N2O4. The van der Waals surface area contributed by atoms with Crippen molar-refractivity contribution in [2.45, 2.75) is 12.5 Å². The van der Waals surface area contributed by atoms with Gasteiger partial charge in [-0.15, -0.1) is 0 Å². The minimum atomic E-state index is -1.21. The molecule has 0 aromatic heterocycles. The van der Waals surface area contributed by atoms with Crippen LogP contribution in [0.4, 0.5) is 5.69 Å². The first-order valence-corrected chi connectivity index (χ1v) is 5.80. The Balaban J connectivity index is 2.44. The second-order valence-corrected chi connectivity index (χ2v) is 4.43. The molecule has 0 radical (unpaired) electrons. The Morgan fingerprint density at radius 3 is 2.47 bits per heavy atom. The largest absolute Gasteiger partial charge is 0.386 e. The molecular weight excluding hydrogens is 248 g/mol. The first-order valence-electron chi connectivity index (χ1n) is 5.80. The average Bonchev–Trinajstić information content (AvgIpc) is 2.37. The summed E-state index contributed by atoms with van der Waals surface area (Å²) in [5, 5.41) is 14.6. The SMILES string of the molecule is COC[C@](C)(O)CNC(=O)C(=O)Nc1ccccc1. The third-order valence-electron chi connectivity index (χ3n) is 2.32. The predicted molar refractivity (Wildman–Crippen MR) is 70.6 cm³/mol. The van der Waals surface area contributed by atoms with Crippen LogP contribution in [0.3, 0.4) is 0 Å². The molecule has 0 spiro atoms. The van der Waals surface area contributed by atoms with Crippen molar-refractivity contribution in [2.24, 2.45) is 0 Å². The molecule has 1 aromatic rings. The number of anilines is 1. The zero-order valence-corrected chi connectivity index (χ0v) is 11.0. The van der Waals surface area contributed by atoms with Gasteiger partial charge in [-0.3, -0.25) is 9.59 Å². The van der Waals surface area contributed by atoms with Crippen molar-refractivity contribution in [2.75, 3.05) is 25.6 Å². The van der Waals surface area contributed by atoms with E-state index in [2.05, 4.69) is 10.6 Å². The number of hydrogen-bond donors (Lipinski definition) is 3. The van der Waals surface area contributed by atoms with Crippen LogP contribution in [0.2, 0.25) is 0 Å². The zero-order chi connectivity index (χ0) is 14.3. The molecule has 0 aliphatic heterocycles. The van der Waals surface area contributed by atoms with Gasteiger partial charge in [0.1, 0.15) is 5.60 Å². The summed E-state index contributed by atoms with van der Waals surface area (Å²) in [6.45, 7) is 1.50. The van der Waals surface area contributed by atoms with E-state index in [0.717, 1.165) is 0 Å². The lowest BCUT2D eigenvalue weighted by Gasteiger charge is -2.22. The fourth-order valence-electron chi connectivity index (χ4n) is 1.42. The number of rotatable bonds is 5. The number of ether oxygens (including phenoxy) is 1. The van der Waals surface area contributed by atoms with E-state index in [1.807, 2.05) is 0 Å². The maximum absolute atomic E-state index is 11.6. The van der Waals surface area contributed by atoms with Crippen molar-refractivity contribution in [1.29, 1.82) is 0 Å². The molecule has 104 valence electrons. The summed E-state index contributed by atoms with van der Waals surface area (Å²) in [6, 6.07) is 8.64. The first-order chi connectivity index (χ1) is 8.94. The van der Waals surface area contributed by atoms with Gasteiger partial charge in [-0.25, -0.2) is 0 Å². The van der Waals surface area contributed by atoms with Crippen molar-refractivity contribution < 1.29 is 19.4 Å². The van der Waals surface area contributed by atoms with Crippen LogP contribution in [-0.4, -0.2) is 42.8 Å². The lowest BCUT2D eigenvalue weighted by Crippen LogP contribution is -2.46. The quantitative estimate of drug-likeness (QED) is 0.661. The molecule has 19 heavy (non-hydrogen) atoms. The molecule has 3 N–H and O–H groups in total. The van der Waals surface area contributed by atoms with Crippen LogP contribution in [0, 0.1) is 0 Å². The van der Waals surface area contributed by atoms with Crippen molar-refractivity contribution in [3.05, 3.63) is 30.3 Å². The van der Waals surface area contributed by atoms with Crippen molar-refractivity contribution in [3.8, 4) is 0 Å². The van der Waals surface area contributed by atoms with Crippen LogP contribution in [0.15, 0.2) is 30.3 Å². The van der Waals surface area contributed by atoms with E-state index in [4.69, 9.17) is 4.74 Å². The van der Waals surface area contributed by atoms with E-state index in [1.165, 1.54) is 14.0 Å². The number of benzene rings is 1. The number of aliphatic hydroxyl groups is 1. The van der Waals surface area contributed by atoms with Gasteiger partial charge in [0, 0.05) is 19.3 Å². The van der Waals surface area contributed by atoms with Gasteiger partial charge in [-0.1, -0.05) is 18.2 Å². The molecule has 6 heteroatoms. The Morgan fingerprint density at radius 2 is 1.89 bits per heavy atom. The van der Waals surface area contributed by atoms with Gasteiger partial charge >= 0.3 is 11.8 Å². The van der Waals surface area contributed by atoms with Crippen LogP contribution in [-0.2, 0) is 14.3 Å². The summed E-state index contributed by atoms with van der Waals surface area (Å²) in [4.78, 5) is 23.1. The molecule has 2 amide bonds. The summed E-state index contributed by atoms with van der Waals surface area (Å²) < 4.78 is 4.79. The van der Waals surface area contributed by atoms with E-state index in [-0.39, 0.29) is 13.2 Å². The van der Waals surface area contributed by atoms with E-state index in [1.54, 1.807) is 30.3 Å². The second kappa shape index (κ2) is 6.86. The number of nitrogens with one attached hydrogen (secondary N) is 2. The normalized spacial score (nSPS) is 13.4. The van der Waals surface area contributed by atoms with Crippen LogP contribution < -0.4 is 10.6 Å². The number of carbonyl (C=O) groups is 2. The molecule has 0 heterocycles. The van der Waals surface area contributed by atoms with Crippen LogP contribution in [0.1, 0.15) is 6.92 Å². The highest BCUT2D eigenvalue weighted by Crippen LogP contribution is 2.05. The lowest BCUT2D eigenvalue weighted by molar-refractivity contribution is -0.137. The molecule has 0 bridgehead atoms. The molecule has 0 aliphatic carbocycles. The Bertz CT molecular complexity index is 432. The molecule has 0 unspecified atom stereocenters. The zero-order valence-electron chi connectivity index (χ0n) is 11.0. The maximum atomic E-state index is 11.6. The number of carbonyl (C=O) groups excluding carboxylic acids is 2. The van der Waals surface area contributed by atoms with Gasteiger partial charge in [-0.2, -0.15) is 0 Å². The number of amides is 2. The van der Waals surface area contributed by atoms with Crippen LogP contribution in [0.5, 0.6) is 0 Å². The minimum Gasteiger partial charge on any atom is -0.386 e. The molecule has 0 saturated heterocycles. The van der Waals surface area contributed by atoms with Crippen molar-refractivity contribution in [3.63, 3.8) is 0 Å². The Morgan fingerprint density at radius 1 is 1.26 bits per heavy atom. The fraction of sp³-hybridized carbons (Fsp3) is 0.385. The molecule has 1 atom stereocenters. The number of hydrogen-bond acceptors (Lipinski definition) is 4. The number of para-hydroxylation sites is 1. The molecule has 0 aliphatic rings. The summed E-state index contributed by atoms with van der Waals surface area (Å²) in [5.74, 6) is -1.58. The average molecular weight is 266 g/mol. The lowest BCUT2D eigenvalue weighted by atomic mass is 10.1. The molecule has 0 fully saturated rings. The van der Waals surface area contributed by atoms with Crippen LogP contribution in [0.25, 0.3) is 0 Å². The maximum Gasteiger partial charge on any atom is 0.313 e. The summed E-state index contributed by atoms with van der Waals surface area (Å²) in [5.41, 5.74) is -0.677. The van der Waals surface area contributed by atoms with E-state index in [9.17, 15) is 14.7 Å². The Kier molecular flexibility index (Phi) is 5.47.